The number of hydrogen-bond acceptors (Lipinski definition) is 2. The van der Waals surface area contributed by atoms with E-state index >= 15 is 0 Å². The van der Waals surface area contributed by atoms with Gasteiger partial charge in [-0.15, -0.1) is 0 Å². The number of fused-ring (bicyclic) bond motifs is 1. The second-order valence-electron chi connectivity index (χ2n) is 5.98. The zero-order chi connectivity index (χ0) is 14.7. The minimum Gasteiger partial charge on any atom is -0.309 e. The molecule has 2 atom stereocenters. The van der Waals surface area contributed by atoms with Crippen molar-refractivity contribution in [3.05, 3.63) is 65.0 Å². The van der Waals surface area contributed by atoms with Crippen LogP contribution in [0.15, 0.2) is 42.6 Å². The fourth-order valence-corrected chi connectivity index (χ4v) is 3.47. The maximum atomic E-state index is 4.68. The molecular formula is C19H24N2. The monoisotopic (exact) mass is 280 g/mol. The van der Waals surface area contributed by atoms with Crippen LogP contribution in [0.25, 0.3) is 0 Å². The van der Waals surface area contributed by atoms with Gasteiger partial charge < -0.3 is 5.32 Å². The molecule has 1 aliphatic carbocycles. The van der Waals surface area contributed by atoms with Crippen LogP contribution in [0, 0.1) is 6.92 Å². The van der Waals surface area contributed by atoms with Crippen molar-refractivity contribution in [3.8, 4) is 0 Å². The Morgan fingerprint density at radius 1 is 1.24 bits per heavy atom. The summed E-state index contributed by atoms with van der Waals surface area (Å²) in [5.41, 5.74) is 5.53. The maximum absolute atomic E-state index is 4.68. The molecule has 1 heterocycles. The predicted molar refractivity (Wildman–Crippen MR) is 87.5 cm³/mol. The molecule has 3 rings (SSSR count). The highest BCUT2D eigenvalue weighted by atomic mass is 14.9. The summed E-state index contributed by atoms with van der Waals surface area (Å²) in [6, 6.07) is 13.4. The number of nitrogens with one attached hydrogen (secondary N) is 1. The number of aromatic nitrogens is 1. The van der Waals surface area contributed by atoms with Crippen molar-refractivity contribution in [2.45, 2.75) is 45.1 Å². The van der Waals surface area contributed by atoms with Gasteiger partial charge in [0.2, 0.25) is 0 Å². The van der Waals surface area contributed by atoms with Crippen molar-refractivity contribution < 1.29 is 0 Å². The minimum atomic E-state index is 0.377. The molecule has 1 aromatic heterocycles. The van der Waals surface area contributed by atoms with Gasteiger partial charge in [0.1, 0.15) is 0 Å². The second kappa shape index (κ2) is 6.40. The fraction of sp³-hybridized carbons (Fsp3) is 0.421. The normalized spacial score (nSPS) is 18.5. The zero-order valence-electron chi connectivity index (χ0n) is 13.0. The number of nitrogens with zero attached hydrogens (tertiary/aromatic N) is 1. The van der Waals surface area contributed by atoms with Crippen molar-refractivity contribution in [3.63, 3.8) is 0 Å². The largest absolute Gasteiger partial charge is 0.309 e. The van der Waals surface area contributed by atoms with Gasteiger partial charge in [0, 0.05) is 23.9 Å². The third kappa shape index (κ3) is 2.86. The van der Waals surface area contributed by atoms with Crippen LogP contribution < -0.4 is 5.32 Å². The smallest absolute Gasteiger partial charge is 0.0485 e. The van der Waals surface area contributed by atoms with Gasteiger partial charge in [-0.05, 0) is 55.5 Å². The molecule has 110 valence electrons. The molecule has 1 aromatic carbocycles. The molecule has 0 amide bonds. The average Bonchev–Trinajstić information content (AvgIpc) is 2.93. The van der Waals surface area contributed by atoms with Gasteiger partial charge >= 0.3 is 0 Å². The van der Waals surface area contributed by atoms with E-state index in [1.807, 2.05) is 6.20 Å². The Labute approximate surface area is 127 Å². The summed E-state index contributed by atoms with van der Waals surface area (Å²) in [6.45, 7) is 5.49. The van der Waals surface area contributed by atoms with E-state index in [9.17, 15) is 0 Å². The van der Waals surface area contributed by atoms with E-state index in [1.54, 1.807) is 0 Å². The van der Waals surface area contributed by atoms with Gasteiger partial charge in [-0.25, -0.2) is 0 Å². The van der Waals surface area contributed by atoms with Crippen LogP contribution in [0.5, 0.6) is 0 Å². The van der Waals surface area contributed by atoms with Crippen LogP contribution in [0.1, 0.15) is 54.1 Å². The van der Waals surface area contributed by atoms with E-state index in [2.05, 4.69) is 60.5 Å². The van der Waals surface area contributed by atoms with E-state index < -0.39 is 0 Å². The Morgan fingerprint density at radius 3 is 2.90 bits per heavy atom. The van der Waals surface area contributed by atoms with Crippen LogP contribution >= 0.6 is 0 Å². The third-order valence-corrected chi connectivity index (χ3v) is 4.54. The molecule has 21 heavy (non-hydrogen) atoms. The van der Waals surface area contributed by atoms with Gasteiger partial charge in [0.05, 0.1) is 0 Å². The number of hydrogen-bond donors (Lipinski definition) is 1. The lowest BCUT2D eigenvalue weighted by atomic mass is 9.88. The standard InChI is InChI=1S/C19H24N2/c1-3-12-20-19(16-9-5-4-7-14(16)2)17-11-10-15-8-6-13-21-18(15)17/h4-9,13,17,19-20H,3,10-12H2,1-2H3. The number of aryl methyl sites for hydroxylation is 2. The Hall–Kier alpha value is -1.67. The molecule has 2 nitrogen and oxygen atoms in total. The van der Waals surface area contributed by atoms with Gasteiger partial charge in [0.15, 0.2) is 0 Å². The van der Waals surface area contributed by atoms with E-state index in [0.717, 1.165) is 19.4 Å². The SMILES string of the molecule is CCCNC(c1ccccc1C)C1CCc2cccnc21. The van der Waals surface area contributed by atoms with E-state index in [-0.39, 0.29) is 0 Å². The van der Waals surface area contributed by atoms with Crippen LogP contribution in [0.2, 0.25) is 0 Å². The van der Waals surface area contributed by atoms with E-state index in [1.165, 1.54) is 28.8 Å². The molecule has 0 saturated carbocycles. The number of rotatable bonds is 5. The van der Waals surface area contributed by atoms with E-state index in [0.29, 0.717) is 12.0 Å². The Kier molecular flexibility index (Phi) is 4.35. The highest BCUT2D eigenvalue weighted by Crippen LogP contribution is 2.41. The summed E-state index contributed by atoms with van der Waals surface area (Å²) in [7, 11) is 0. The Balaban J connectivity index is 1.96. The minimum absolute atomic E-state index is 0.377. The summed E-state index contributed by atoms with van der Waals surface area (Å²) in [6.07, 6.45) is 5.45. The summed E-state index contributed by atoms with van der Waals surface area (Å²) in [4.78, 5) is 4.68. The van der Waals surface area contributed by atoms with Gasteiger partial charge in [-0.2, -0.15) is 0 Å². The summed E-state index contributed by atoms with van der Waals surface area (Å²) in [5, 5.41) is 3.77. The van der Waals surface area contributed by atoms with Crippen molar-refractivity contribution in [1.29, 1.82) is 0 Å². The van der Waals surface area contributed by atoms with Gasteiger partial charge in [-0.1, -0.05) is 37.3 Å². The molecule has 0 spiro atoms. The van der Waals surface area contributed by atoms with Crippen molar-refractivity contribution in [2.24, 2.45) is 0 Å². The zero-order valence-corrected chi connectivity index (χ0v) is 13.0. The molecule has 0 bridgehead atoms. The predicted octanol–water partition coefficient (Wildman–Crippen LogP) is 4.16. The third-order valence-electron chi connectivity index (χ3n) is 4.54. The molecular weight excluding hydrogens is 256 g/mol. The van der Waals surface area contributed by atoms with Gasteiger partial charge in [-0.3, -0.25) is 4.98 Å². The molecule has 1 aliphatic rings. The van der Waals surface area contributed by atoms with Crippen LogP contribution in [0.4, 0.5) is 0 Å². The van der Waals surface area contributed by atoms with Crippen LogP contribution in [0.3, 0.4) is 0 Å². The summed E-state index contributed by atoms with van der Waals surface area (Å²) in [5.74, 6) is 0.494. The Morgan fingerprint density at radius 2 is 2.10 bits per heavy atom. The summed E-state index contributed by atoms with van der Waals surface area (Å²) < 4.78 is 0. The number of pyridine rings is 1. The molecule has 0 radical (unpaired) electrons. The molecule has 0 saturated heterocycles. The number of benzene rings is 1. The lowest BCUT2D eigenvalue weighted by Gasteiger charge is -2.27. The summed E-state index contributed by atoms with van der Waals surface area (Å²) >= 11 is 0. The highest BCUT2D eigenvalue weighted by molar-refractivity contribution is 5.36. The Bertz CT molecular complexity index is 606. The first kappa shape index (κ1) is 14.3. The first-order valence-electron chi connectivity index (χ1n) is 8.04. The van der Waals surface area contributed by atoms with E-state index in [4.69, 9.17) is 0 Å². The first-order valence-corrected chi connectivity index (χ1v) is 8.04. The lowest BCUT2D eigenvalue weighted by Crippen LogP contribution is -2.28. The van der Waals surface area contributed by atoms with Gasteiger partial charge in [0.25, 0.3) is 0 Å². The van der Waals surface area contributed by atoms with Crippen molar-refractivity contribution >= 4 is 0 Å². The van der Waals surface area contributed by atoms with Crippen LogP contribution in [-0.2, 0) is 6.42 Å². The molecule has 1 N–H and O–H groups in total. The van der Waals surface area contributed by atoms with Crippen molar-refractivity contribution in [2.75, 3.05) is 6.54 Å². The lowest BCUT2D eigenvalue weighted by molar-refractivity contribution is 0.436. The second-order valence-corrected chi connectivity index (χ2v) is 5.98. The highest BCUT2D eigenvalue weighted by Gasteiger charge is 2.32. The maximum Gasteiger partial charge on any atom is 0.0485 e. The van der Waals surface area contributed by atoms with Crippen molar-refractivity contribution in [1.82, 2.24) is 10.3 Å². The molecule has 2 aromatic rings. The first-order chi connectivity index (χ1) is 10.3. The van der Waals surface area contributed by atoms with Crippen LogP contribution in [-0.4, -0.2) is 11.5 Å². The topological polar surface area (TPSA) is 24.9 Å². The average molecular weight is 280 g/mol. The molecule has 2 heteroatoms. The molecule has 2 unspecified atom stereocenters. The fourth-order valence-electron chi connectivity index (χ4n) is 3.47. The molecule has 0 fully saturated rings. The quantitative estimate of drug-likeness (QED) is 0.889. The molecule has 0 aliphatic heterocycles.